The van der Waals surface area contributed by atoms with E-state index in [9.17, 15) is 9.46 Å². The van der Waals surface area contributed by atoms with Crippen LogP contribution in [0.3, 0.4) is 0 Å². The molecule has 8 heteroatoms. The lowest BCUT2D eigenvalue weighted by Gasteiger charge is -2.28. The molecule has 1 aliphatic rings. The Morgan fingerprint density at radius 1 is 0.972 bits per heavy atom. The molecule has 1 saturated carbocycles. The number of hydrogen-bond acceptors (Lipinski definition) is 3. The van der Waals surface area contributed by atoms with E-state index >= 15 is 8.78 Å². The first-order chi connectivity index (χ1) is 17.1. The molecule has 4 rings (SSSR count). The summed E-state index contributed by atoms with van der Waals surface area (Å²) in [5, 5.41) is 10.4. The minimum absolute atomic E-state index is 0.000463. The summed E-state index contributed by atoms with van der Waals surface area (Å²) in [7, 11) is -4.11. The van der Waals surface area contributed by atoms with E-state index in [4.69, 9.17) is 9.94 Å². The Morgan fingerprint density at radius 2 is 1.64 bits per heavy atom. The van der Waals surface area contributed by atoms with Gasteiger partial charge in [0, 0.05) is 5.56 Å². The number of aryl methyl sites for hydroxylation is 2. The molecule has 3 N–H and O–H groups in total. The van der Waals surface area contributed by atoms with Crippen LogP contribution in [0.25, 0.3) is 11.1 Å². The zero-order valence-electron chi connectivity index (χ0n) is 20.7. The third-order valence-electron chi connectivity index (χ3n) is 7.27. The average molecular weight is 516 g/mol. The van der Waals surface area contributed by atoms with Gasteiger partial charge in [0.05, 0.1) is 5.30 Å². The van der Waals surface area contributed by atoms with Crippen LogP contribution in [0.1, 0.15) is 61.6 Å². The Kier molecular flexibility index (Phi) is 7.96. The van der Waals surface area contributed by atoms with E-state index in [1.807, 2.05) is 6.07 Å². The van der Waals surface area contributed by atoms with E-state index in [2.05, 4.69) is 6.92 Å². The van der Waals surface area contributed by atoms with Crippen molar-refractivity contribution in [1.82, 2.24) is 5.25 Å². The van der Waals surface area contributed by atoms with Crippen LogP contribution in [0, 0.1) is 31.4 Å². The van der Waals surface area contributed by atoms with Crippen LogP contribution in [-0.2, 0) is 4.57 Å². The van der Waals surface area contributed by atoms with Gasteiger partial charge in [-0.2, -0.15) is 0 Å². The molecule has 5 nitrogen and oxygen atoms in total. The van der Waals surface area contributed by atoms with Gasteiger partial charge in [-0.15, -0.1) is 5.25 Å². The summed E-state index contributed by atoms with van der Waals surface area (Å²) in [5.41, 5.74) is 2.74. The van der Waals surface area contributed by atoms with Crippen molar-refractivity contribution in [2.45, 2.75) is 58.8 Å². The monoisotopic (exact) mass is 515 g/mol. The van der Waals surface area contributed by atoms with E-state index in [1.54, 1.807) is 32.0 Å². The summed E-state index contributed by atoms with van der Waals surface area (Å²) >= 11 is 0. The van der Waals surface area contributed by atoms with E-state index < -0.39 is 13.3 Å². The fraction of sp³-hybridized carbons (Fsp3) is 0.357. The highest BCUT2D eigenvalue weighted by Crippen LogP contribution is 2.40. The van der Waals surface area contributed by atoms with Gasteiger partial charge in [-0.1, -0.05) is 31.5 Å². The molecule has 0 aromatic heterocycles. The summed E-state index contributed by atoms with van der Waals surface area (Å²) < 4.78 is 47.9. The number of ether oxygens (including phenoxy) is 1. The zero-order valence-corrected chi connectivity index (χ0v) is 21.6. The molecule has 36 heavy (non-hydrogen) atoms. The maximum Gasteiger partial charge on any atom is 0.319 e. The molecule has 1 aliphatic carbocycles. The van der Waals surface area contributed by atoms with Crippen molar-refractivity contribution in [3.63, 3.8) is 0 Å². The van der Waals surface area contributed by atoms with Crippen molar-refractivity contribution in [3.05, 3.63) is 76.9 Å². The van der Waals surface area contributed by atoms with Crippen LogP contribution in [0.15, 0.2) is 48.5 Å². The molecule has 1 fully saturated rings. The summed E-state index contributed by atoms with van der Waals surface area (Å²) in [6.45, 7) is 5.53. The highest BCUT2D eigenvalue weighted by atomic mass is 31.2. The Hall–Kier alpha value is -2.57. The molecule has 3 aromatic carbocycles. The lowest BCUT2D eigenvalue weighted by Crippen LogP contribution is -2.16. The molecular formula is C28H32F2NO4P. The molecule has 0 bridgehead atoms. The Balaban J connectivity index is 1.54. The maximum absolute atomic E-state index is 15.1. The van der Waals surface area contributed by atoms with Crippen LogP contribution >= 0.6 is 7.52 Å². The van der Waals surface area contributed by atoms with Crippen molar-refractivity contribution < 1.29 is 28.2 Å². The number of benzene rings is 3. The predicted octanol–water partition coefficient (Wildman–Crippen LogP) is 7.51. The summed E-state index contributed by atoms with van der Waals surface area (Å²) in [6, 6.07) is 12.4. The normalized spacial score (nSPS) is 19.6. The largest absolute Gasteiger partial charge is 0.454 e. The van der Waals surface area contributed by atoms with Gasteiger partial charge in [-0.25, -0.2) is 8.78 Å². The molecule has 3 aromatic rings. The molecule has 0 spiro atoms. The fourth-order valence-electron chi connectivity index (χ4n) is 5.11. The Labute approximate surface area is 210 Å². The van der Waals surface area contributed by atoms with Crippen molar-refractivity contribution >= 4 is 12.8 Å². The van der Waals surface area contributed by atoms with Gasteiger partial charge in [-0.05, 0) is 104 Å². The van der Waals surface area contributed by atoms with Gasteiger partial charge < -0.3 is 14.8 Å². The number of hydrogen-bond donors (Lipinski definition) is 3. The van der Waals surface area contributed by atoms with Crippen molar-refractivity contribution in [1.29, 1.82) is 0 Å². The van der Waals surface area contributed by atoms with Gasteiger partial charge in [0.15, 0.2) is 11.6 Å². The molecule has 1 unspecified atom stereocenters. The van der Waals surface area contributed by atoms with Gasteiger partial charge in [0.25, 0.3) is 0 Å². The molecule has 0 aliphatic heterocycles. The van der Waals surface area contributed by atoms with E-state index in [1.165, 1.54) is 48.8 Å². The Bertz CT molecular complexity index is 1280. The fourth-order valence-corrected chi connectivity index (χ4v) is 5.96. The molecule has 1 atom stereocenters. The summed E-state index contributed by atoms with van der Waals surface area (Å²) in [4.78, 5) is 9.80. The van der Waals surface area contributed by atoms with E-state index in [0.29, 0.717) is 33.9 Å². The lowest BCUT2D eigenvalue weighted by molar-refractivity contribution is 0.226. The van der Waals surface area contributed by atoms with Crippen molar-refractivity contribution in [2.75, 3.05) is 0 Å². The first kappa shape index (κ1) is 26.5. The van der Waals surface area contributed by atoms with Gasteiger partial charge in [0.2, 0.25) is 0 Å². The third kappa shape index (κ3) is 5.55. The third-order valence-corrected chi connectivity index (χ3v) is 8.50. The van der Waals surface area contributed by atoms with Crippen LogP contribution in [0.4, 0.5) is 8.78 Å². The topological polar surface area (TPSA) is 78.8 Å². The second kappa shape index (κ2) is 10.8. The first-order valence-corrected chi connectivity index (χ1v) is 13.9. The number of halogens is 2. The van der Waals surface area contributed by atoms with Gasteiger partial charge >= 0.3 is 7.52 Å². The predicted molar refractivity (Wildman–Crippen MR) is 137 cm³/mol. The highest BCUT2D eigenvalue weighted by Gasteiger charge is 2.24. The van der Waals surface area contributed by atoms with E-state index in [0.717, 1.165) is 24.3 Å². The molecule has 0 amide bonds. The quantitative estimate of drug-likeness (QED) is 0.224. The number of rotatable bonds is 7. The highest BCUT2D eigenvalue weighted by molar-refractivity contribution is 7.63. The second-order valence-corrected chi connectivity index (χ2v) is 11.6. The summed E-state index contributed by atoms with van der Waals surface area (Å²) in [6.07, 6.45) is 5.70. The Morgan fingerprint density at radius 3 is 2.19 bits per heavy atom. The van der Waals surface area contributed by atoms with Crippen molar-refractivity contribution in [2.24, 2.45) is 5.92 Å². The smallest absolute Gasteiger partial charge is 0.319 e. The SMILES string of the molecule is CCC1CCC(c2ccc(-c3ccc(Oc4c(C)cc(P(=O)(O)NO)cc4C)c(F)c3)c(F)c2)CC1. The summed E-state index contributed by atoms with van der Waals surface area (Å²) in [5.74, 6) is 0.405. The zero-order chi connectivity index (χ0) is 26.0. The standard InChI is InChI=1S/C28H32F2NO4P/c1-4-19-5-7-20(8-6-19)21-9-11-24(25(29)15-21)22-10-12-27(26(30)16-22)35-28-17(2)13-23(14-18(28)3)36(33,34)31-32/h9-16,19-20,32H,4-8H2,1-3H3,(H2,31,33,34). The van der Waals surface area contributed by atoms with E-state index in [-0.39, 0.29) is 16.9 Å². The maximum atomic E-state index is 15.1. The minimum Gasteiger partial charge on any atom is -0.454 e. The molecule has 192 valence electrons. The van der Waals surface area contributed by atoms with Gasteiger partial charge in [0.1, 0.15) is 11.6 Å². The lowest BCUT2D eigenvalue weighted by atomic mass is 9.77. The minimum atomic E-state index is -4.11. The van der Waals surface area contributed by atoms with Crippen LogP contribution in [0.2, 0.25) is 0 Å². The van der Waals surface area contributed by atoms with Crippen molar-refractivity contribution in [3.8, 4) is 22.6 Å². The first-order valence-electron chi connectivity index (χ1n) is 12.3. The van der Waals surface area contributed by atoms with Crippen LogP contribution in [-0.4, -0.2) is 10.1 Å². The average Bonchev–Trinajstić information content (AvgIpc) is 2.86. The molecule has 0 heterocycles. The molecule has 0 saturated heterocycles. The number of nitrogens with one attached hydrogen (secondary N) is 1. The molecule has 0 radical (unpaired) electrons. The second-order valence-electron chi connectivity index (χ2n) is 9.70. The van der Waals surface area contributed by atoms with Gasteiger partial charge in [-0.3, -0.25) is 4.57 Å². The van der Waals surface area contributed by atoms with Crippen LogP contribution in [0.5, 0.6) is 11.5 Å². The molecular weight excluding hydrogens is 483 g/mol. The van der Waals surface area contributed by atoms with Crippen LogP contribution < -0.4 is 15.3 Å².